The molecule has 0 saturated carbocycles. The van der Waals surface area contributed by atoms with E-state index in [1.54, 1.807) is 7.11 Å². The number of rotatable bonds is 4. The van der Waals surface area contributed by atoms with Crippen molar-refractivity contribution in [3.63, 3.8) is 0 Å². The van der Waals surface area contributed by atoms with Crippen molar-refractivity contribution < 1.29 is 14.3 Å². The summed E-state index contributed by atoms with van der Waals surface area (Å²) in [5.74, 6) is 0.995. The van der Waals surface area contributed by atoms with E-state index in [9.17, 15) is 4.79 Å². The molecule has 0 bridgehead atoms. The lowest BCUT2D eigenvalue weighted by Crippen LogP contribution is -2.48. The zero-order valence-corrected chi connectivity index (χ0v) is 13.6. The first-order chi connectivity index (χ1) is 10.8. The number of hydrogen-bond acceptors (Lipinski definition) is 5. The lowest BCUT2D eigenvalue weighted by Gasteiger charge is -2.36. The highest BCUT2D eigenvalue weighted by Crippen LogP contribution is 2.21. The lowest BCUT2D eigenvalue weighted by atomic mass is 9.95. The average Bonchev–Trinajstić information content (AvgIpc) is 3.05. The van der Waals surface area contributed by atoms with E-state index >= 15 is 0 Å². The van der Waals surface area contributed by atoms with Gasteiger partial charge in [0.1, 0.15) is 0 Å². The van der Waals surface area contributed by atoms with Crippen molar-refractivity contribution in [2.24, 2.45) is 5.92 Å². The van der Waals surface area contributed by atoms with Crippen LogP contribution >= 0.6 is 0 Å². The number of nitrogens with one attached hydrogen (secondary N) is 1. The SMILES string of the molecule is CO[C@@H]1CN[C@H](C(=O)N2CCC(CN3CCOCC3)CC2)C1. The fourth-order valence-electron chi connectivity index (χ4n) is 3.78. The van der Waals surface area contributed by atoms with Gasteiger partial charge in [-0.15, -0.1) is 0 Å². The van der Waals surface area contributed by atoms with Crippen LogP contribution in [-0.2, 0) is 14.3 Å². The van der Waals surface area contributed by atoms with Crippen LogP contribution in [0, 0.1) is 5.92 Å². The Morgan fingerprint density at radius 1 is 1.23 bits per heavy atom. The summed E-state index contributed by atoms with van der Waals surface area (Å²) in [6, 6.07) is -0.0410. The molecule has 3 aliphatic heterocycles. The number of carbonyl (C=O) groups excluding carboxylic acids is 1. The molecule has 6 nitrogen and oxygen atoms in total. The first kappa shape index (κ1) is 16.2. The zero-order chi connectivity index (χ0) is 15.4. The third kappa shape index (κ3) is 3.98. The summed E-state index contributed by atoms with van der Waals surface area (Å²) in [6.07, 6.45) is 3.25. The van der Waals surface area contributed by atoms with Gasteiger partial charge in [-0.05, 0) is 25.2 Å². The van der Waals surface area contributed by atoms with Gasteiger partial charge in [0, 0.05) is 46.4 Å². The van der Waals surface area contributed by atoms with E-state index in [0.29, 0.717) is 0 Å². The van der Waals surface area contributed by atoms with Crippen LogP contribution in [0.15, 0.2) is 0 Å². The van der Waals surface area contributed by atoms with Crippen LogP contribution in [0.4, 0.5) is 0 Å². The fraction of sp³-hybridized carbons (Fsp3) is 0.938. The van der Waals surface area contributed by atoms with Crippen molar-refractivity contribution >= 4 is 5.91 Å². The van der Waals surface area contributed by atoms with Crippen molar-refractivity contribution in [1.29, 1.82) is 0 Å². The smallest absolute Gasteiger partial charge is 0.239 e. The predicted octanol–water partition coefficient (Wildman–Crippen LogP) is -0.0659. The number of carbonyl (C=O) groups is 1. The molecule has 2 atom stereocenters. The van der Waals surface area contributed by atoms with Gasteiger partial charge in [-0.2, -0.15) is 0 Å². The number of nitrogens with zero attached hydrogens (tertiary/aromatic N) is 2. The van der Waals surface area contributed by atoms with Crippen LogP contribution in [-0.4, -0.2) is 87.4 Å². The monoisotopic (exact) mass is 311 g/mol. The number of amides is 1. The quantitative estimate of drug-likeness (QED) is 0.788. The second-order valence-electron chi connectivity index (χ2n) is 6.74. The summed E-state index contributed by atoms with van der Waals surface area (Å²) in [5, 5.41) is 3.29. The first-order valence-corrected chi connectivity index (χ1v) is 8.61. The Bertz CT molecular complexity index is 366. The second kappa shape index (κ2) is 7.73. The number of ether oxygens (including phenoxy) is 2. The van der Waals surface area contributed by atoms with Crippen molar-refractivity contribution in [2.75, 3.05) is 59.6 Å². The molecule has 0 radical (unpaired) electrons. The zero-order valence-electron chi connectivity index (χ0n) is 13.6. The molecule has 3 rings (SSSR count). The van der Waals surface area contributed by atoms with Gasteiger partial charge < -0.3 is 19.7 Å². The van der Waals surface area contributed by atoms with Crippen LogP contribution in [0.5, 0.6) is 0 Å². The fourth-order valence-corrected chi connectivity index (χ4v) is 3.78. The van der Waals surface area contributed by atoms with Crippen LogP contribution in [0.2, 0.25) is 0 Å². The van der Waals surface area contributed by atoms with E-state index in [-0.39, 0.29) is 18.1 Å². The number of hydrogen-bond donors (Lipinski definition) is 1. The summed E-state index contributed by atoms with van der Waals surface area (Å²) in [5.41, 5.74) is 0. The van der Waals surface area contributed by atoms with Gasteiger partial charge in [0.25, 0.3) is 0 Å². The second-order valence-corrected chi connectivity index (χ2v) is 6.74. The van der Waals surface area contributed by atoms with Gasteiger partial charge in [-0.25, -0.2) is 0 Å². The van der Waals surface area contributed by atoms with E-state index in [2.05, 4.69) is 10.2 Å². The number of likely N-dealkylation sites (tertiary alicyclic amines) is 1. The Kier molecular flexibility index (Phi) is 5.68. The van der Waals surface area contributed by atoms with Crippen molar-refractivity contribution in [1.82, 2.24) is 15.1 Å². The lowest BCUT2D eigenvalue weighted by molar-refractivity contribution is -0.134. The molecular formula is C16H29N3O3. The maximum absolute atomic E-state index is 12.5. The molecule has 3 heterocycles. The van der Waals surface area contributed by atoms with Crippen molar-refractivity contribution in [3.05, 3.63) is 0 Å². The molecule has 22 heavy (non-hydrogen) atoms. The van der Waals surface area contributed by atoms with E-state index in [1.807, 2.05) is 4.90 Å². The number of morpholine rings is 1. The molecule has 0 aliphatic carbocycles. The molecule has 3 fully saturated rings. The number of methoxy groups -OCH3 is 1. The minimum atomic E-state index is -0.0410. The topological polar surface area (TPSA) is 54.0 Å². The van der Waals surface area contributed by atoms with Crippen LogP contribution < -0.4 is 5.32 Å². The van der Waals surface area contributed by atoms with E-state index < -0.39 is 0 Å². The van der Waals surface area contributed by atoms with Crippen LogP contribution in [0.25, 0.3) is 0 Å². The Balaban J connectivity index is 1.40. The summed E-state index contributed by atoms with van der Waals surface area (Å²) in [4.78, 5) is 17.1. The molecule has 126 valence electrons. The molecule has 6 heteroatoms. The molecule has 0 aromatic rings. The average molecular weight is 311 g/mol. The normalized spacial score (nSPS) is 31.6. The maximum atomic E-state index is 12.5. The van der Waals surface area contributed by atoms with Gasteiger partial charge in [-0.3, -0.25) is 9.69 Å². The highest BCUT2D eigenvalue weighted by molar-refractivity contribution is 5.82. The number of piperidine rings is 1. The van der Waals surface area contributed by atoms with Crippen molar-refractivity contribution in [2.45, 2.75) is 31.4 Å². The molecule has 0 spiro atoms. The first-order valence-electron chi connectivity index (χ1n) is 8.61. The molecular weight excluding hydrogens is 282 g/mol. The summed E-state index contributed by atoms with van der Waals surface area (Å²) >= 11 is 0. The molecule has 3 saturated heterocycles. The molecule has 0 aromatic carbocycles. The molecule has 0 aromatic heterocycles. The molecule has 0 unspecified atom stereocenters. The highest BCUT2D eigenvalue weighted by Gasteiger charge is 2.34. The third-order valence-corrected chi connectivity index (χ3v) is 5.27. The maximum Gasteiger partial charge on any atom is 0.239 e. The largest absolute Gasteiger partial charge is 0.380 e. The van der Waals surface area contributed by atoms with Gasteiger partial charge in [0.2, 0.25) is 5.91 Å². The van der Waals surface area contributed by atoms with Gasteiger partial charge in [0.15, 0.2) is 0 Å². The molecule has 1 amide bonds. The van der Waals surface area contributed by atoms with Gasteiger partial charge in [0.05, 0.1) is 25.4 Å². The predicted molar refractivity (Wildman–Crippen MR) is 83.8 cm³/mol. The van der Waals surface area contributed by atoms with Crippen LogP contribution in [0.3, 0.4) is 0 Å². The Morgan fingerprint density at radius 2 is 1.95 bits per heavy atom. The third-order valence-electron chi connectivity index (χ3n) is 5.27. The minimum Gasteiger partial charge on any atom is -0.380 e. The molecule has 3 aliphatic rings. The highest BCUT2D eigenvalue weighted by atomic mass is 16.5. The van der Waals surface area contributed by atoms with Gasteiger partial charge in [-0.1, -0.05) is 0 Å². The van der Waals surface area contributed by atoms with E-state index in [0.717, 1.165) is 71.1 Å². The van der Waals surface area contributed by atoms with Gasteiger partial charge >= 0.3 is 0 Å². The molecule has 1 N–H and O–H groups in total. The van der Waals surface area contributed by atoms with Crippen LogP contribution in [0.1, 0.15) is 19.3 Å². The Labute approximate surface area is 133 Å². The summed E-state index contributed by atoms with van der Waals surface area (Å²) in [7, 11) is 1.72. The van der Waals surface area contributed by atoms with Crippen molar-refractivity contribution in [3.8, 4) is 0 Å². The van der Waals surface area contributed by atoms with E-state index in [4.69, 9.17) is 9.47 Å². The summed E-state index contributed by atoms with van der Waals surface area (Å²) < 4.78 is 10.7. The minimum absolute atomic E-state index is 0.0410. The summed E-state index contributed by atoms with van der Waals surface area (Å²) in [6.45, 7) is 7.62. The Morgan fingerprint density at radius 3 is 2.59 bits per heavy atom. The van der Waals surface area contributed by atoms with E-state index in [1.165, 1.54) is 6.54 Å². The Hall–Kier alpha value is -0.690. The standard InChI is InChI=1S/C16H29N3O3/c1-21-14-10-15(17-11-14)16(20)19-4-2-13(3-5-19)12-18-6-8-22-9-7-18/h13-15,17H,2-12H2,1H3/t14-,15-/m0/s1.